The Morgan fingerprint density at radius 1 is 0.879 bits per heavy atom. The highest BCUT2D eigenvalue weighted by atomic mass is 19.4. The standard InChI is InChI=1S/C26H19F3N2O2/c1-32-17-7-9-19-21(13-30-23(19)11-17)25(15-3-5-16(6-4-15)26(27,28)29)22-14-31-24-12-18(33-2)8-10-20(22)24/h3-14,30H,1-2H3/p+1/b25-22+. The van der Waals surface area contributed by atoms with Crippen LogP contribution in [0.2, 0.25) is 0 Å². The van der Waals surface area contributed by atoms with Crippen LogP contribution >= 0.6 is 0 Å². The van der Waals surface area contributed by atoms with Crippen molar-refractivity contribution in [2.45, 2.75) is 6.18 Å². The van der Waals surface area contributed by atoms with Crippen LogP contribution in [0.3, 0.4) is 0 Å². The number of benzene rings is 3. The third-order valence-electron chi connectivity index (χ3n) is 5.82. The lowest BCUT2D eigenvalue weighted by molar-refractivity contribution is -0.342. The zero-order valence-electron chi connectivity index (χ0n) is 17.9. The Hall–Kier alpha value is -4.00. The lowest BCUT2D eigenvalue weighted by atomic mass is 9.89. The van der Waals surface area contributed by atoms with Crippen molar-refractivity contribution in [1.82, 2.24) is 4.98 Å². The van der Waals surface area contributed by atoms with Gasteiger partial charge in [0.25, 0.3) is 0 Å². The summed E-state index contributed by atoms with van der Waals surface area (Å²) in [6, 6.07) is 16.7. The van der Waals surface area contributed by atoms with Gasteiger partial charge in [0, 0.05) is 34.3 Å². The molecule has 1 aromatic heterocycles. The van der Waals surface area contributed by atoms with Crippen molar-refractivity contribution in [2.24, 2.45) is 0 Å². The fourth-order valence-electron chi connectivity index (χ4n) is 4.16. The van der Waals surface area contributed by atoms with Crippen molar-refractivity contribution in [3.8, 4) is 11.5 Å². The van der Waals surface area contributed by atoms with E-state index in [4.69, 9.17) is 9.47 Å². The first-order valence-corrected chi connectivity index (χ1v) is 10.2. The fraction of sp³-hybridized carbons (Fsp3) is 0.115. The Balaban J connectivity index is 1.75. The highest BCUT2D eigenvalue weighted by molar-refractivity contribution is 6.24. The van der Waals surface area contributed by atoms with Crippen LogP contribution in [-0.4, -0.2) is 25.4 Å². The summed E-state index contributed by atoms with van der Waals surface area (Å²) < 4.78 is 50.2. The molecule has 3 aromatic carbocycles. The van der Waals surface area contributed by atoms with Gasteiger partial charge in [-0.05, 0) is 42.0 Å². The number of nitrogens with one attached hydrogen (secondary N) is 2. The molecule has 0 atom stereocenters. The Morgan fingerprint density at radius 3 is 2.27 bits per heavy atom. The monoisotopic (exact) mass is 449 g/mol. The van der Waals surface area contributed by atoms with Crippen molar-refractivity contribution >= 4 is 34.0 Å². The quantitative estimate of drug-likeness (QED) is 0.463. The van der Waals surface area contributed by atoms with Gasteiger partial charge in [-0.2, -0.15) is 13.2 Å². The normalized spacial score (nSPS) is 14.5. The smallest absolute Gasteiger partial charge is 0.416 e. The van der Waals surface area contributed by atoms with Gasteiger partial charge in [-0.15, -0.1) is 0 Å². The van der Waals surface area contributed by atoms with Gasteiger partial charge in [-0.1, -0.05) is 12.1 Å². The maximum atomic E-state index is 13.2. The van der Waals surface area contributed by atoms with Gasteiger partial charge in [0.2, 0.25) is 5.69 Å². The van der Waals surface area contributed by atoms with Crippen molar-refractivity contribution in [1.29, 1.82) is 0 Å². The van der Waals surface area contributed by atoms with Crippen LogP contribution in [0.15, 0.2) is 66.9 Å². The first-order chi connectivity index (χ1) is 15.9. The number of aromatic amines is 1. The van der Waals surface area contributed by atoms with E-state index in [9.17, 15) is 13.2 Å². The predicted octanol–water partition coefficient (Wildman–Crippen LogP) is 4.96. The summed E-state index contributed by atoms with van der Waals surface area (Å²) >= 11 is 0. The summed E-state index contributed by atoms with van der Waals surface area (Å²) in [5, 5.41) is 0.938. The number of halogens is 3. The van der Waals surface area contributed by atoms with E-state index in [0.29, 0.717) is 17.1 Å². The Kier molecular flexibility index (Phi) is 4.96. The molecule has 0 saturated heterocycles. The lowest BCUT2D eigenvalue weighted by Gasteiger charge is -2.13. The van der Waals surface area contributed by atoms with Crippen LogP contribution in [0.1, 0.15) is 22.3 Å². The van der Waals surface area contributed by atoms with Gasteiger partial charge in [0.1, 0.15) is 11.5 Å². The summed E-state index contributed by atoms with van der Waals surface area (Å²) in [5.41, 5.74) is 5.25. The zero-order valence-corrected chi connectivity index (χ0v) is 17.9. The Labute approximate surface area is 188 Å². The van der Waals surface area contributed by atoms with E-state index >= 15 is 0 Å². The lowest BCUT2D eigenvalue weighted by Crippen LogP contribution is -2.58. The van der Waals surface area contributed by atoms with E-state index in [1.54, 1.807) is 14.2 Å². The van der Waals surface area contributed by atoms with Crippen LogP contribution < -0.4 is 14.5 Å². The van der Waals surface area contributed by atoms with Gasteiger partial charge >= 0.3 is 6.18 Å². The number of ether oxygens (including phenoxy) is 2. The summed E-state index contributed by atoms with van der Waals surface area (Å²) in [6.07, 6.45) is -0.647. The molecule has 33 heavy (non-hydrogen) atoms. The molecule has 0 aliphatic carbocycles. The van der Waals surface area contributed by atoms with E-state index in [-0.39, 0.29) is 0 Å². The number of fused-ring (bicyclic) bond motifs is 2. The molecule has 0 fully saturated rings. The molecular weight excluding hydrogens is 429 g/mol. The molecule has 7 heteroatoms. The molecule has 166 valence electrons. The first kappa shape index (κ1) is 20.9. The maximum absolute atomic E-state index is 13.2. The molecule has 2 N–H and O–H groups in total. The SMILES string of the molecule is COc1ccc2c(c1)[NH+]=C/C2=C(/c1ccc(C(F)(F)F)cc1)c1c[nH]c2cc(OC)ccc12. The van der Waals surface area contributed by atoms with E-state index in [1.165, 1.54) is 12.1 Å². The predicted molar refractivity (Wildman–Crippen MR) is 122 cm³/mol. The van der Waals surface area contributed by atoms with E-state index in [1.807, 2.05) is 48.8 Å². The third-order valence-corrected chi connectivity index (χ3v) is 5.82. The van der Waals surface area contributed by atoms with E-state index in [2.05, 4.69) is 9.98 Å². The fourth-order valence-corrected chi connectivity index (χ4v) is 4.16. The largest absolute Gasteiger partial charge is 0.497 e. The molecule has 5 rings (SSSR count). The maximum Gasteiger partial charge on any atom is 0.416 e. The second-order valence-electron chi connectivity index (χ2n) is 7.68. The minimum atomic E-state index is -4.40. The molecule has 1 aliphatic heterocycles. The average Bonchev–Trinajstić information content (AvgIpc) is 3.43. The highest BCUT2D eigenvalue weighted by Crippen LogP contribution is 2.40. The van der Waals surface area contributed by atoms with Gasteiger partial charge in [-0.25, -0.2) is 4.99 Å². The second kappa shape index (κ2) is 7.85. The average molecular weight is 449 g/mol. The van der Waals surface area contributed by atoms with Crippen molar-refractivity contribution in [3.63, 3.8) is 0 Å². The summed E-state index contributed by atoms with van der Waals surface area (Å²) in [7, 11) is 3.20. The number of aromatic nitrogens is 1. The molecule has 4 aromatic rings. The number of alkyl halides is 3. The van der Waals surface area contributed by atoms with Gasteiger partial charge in [0.05, 0.1) is 37.0 Å². The number of hydrogen-bond acceptors (Lipinski definition) is 2. The van der Waals surface area contributed by atoms with Gasteiger partial charge in [0.15, 0.2) is 6.21 Å². The number of rotatable bonds is 4. The summed E-state index contributed by atoms with van der Waals surface area (Å²) in [4.78, 5) is 6.53. The van der Waals surface area contributed by atoms with Crippen LogP contribution in [0.5, 0.6) is 11.5 Å². The molecule has 0 amide bonds. The minimum absolute atomic E-state index is 0.677. The first-order valence-electron chi connectivity index (χ1n) is 10.2. The summed E-state index contributed by atoms with van der Waals surface area (Å²) in [6.45, 7) is 0. The van der Waals surface area contributed by atoms with Gasteiger partial charge in [-0.3, -0.25) is 0 Å². The number of methoxy groups -OCH3 is 2. The number of allylic oxidation sites excluding steroid dienone is 1. The molecule has 2 heterocycles. The molecule has 0 bridgehead atoms. The molecule has 0 saturated carbocycles. The highest BCUT2D eigenvalue weighted by Gasteiger charge is 2.31. The van der Waals surface area contributed by atoms with Crippen LogP contribution in [-0.2, 0) is 6.18 Å². The van der Waals surface area contributed by atoms with Crippen LogP contribution in [0.25, 0.3) is 22.0 Å². The molecule has 0 spiro atoms. The number of H-pyrrole nitrogens is 1. The zero-order chi connectivity index (χ0) is 23.2. The second-order valence-corrected chi connectivity index (χ2v) is 7.68. The van der Waals surface area contributed by atoms with Crippen molar-refractivity contribution < 1.29 is 27.6 Å². The topological polar surface area (TPSA) is 48.2 Å². The number of hydrogen-bond donors (Lipinski definition) is 2. The third kappa shape index (κ3) is 3.65. The molecule has 0 unspecified atom stereocenters. The molecule has 1 aliphatic rings. The molecule has 4 nitrogen and oxygen atoms in total. The van der Waals surface area contributed by atoms with Crippen LogP contribution in [0, 0.1) is 0 Å². The van der Waals surface area contributed by atoms with E-state index in [0.717, 1.165) is 51.0 Å². The molecule has 0 radical (unpaired) electrons. The van der Waals surface area contributed by atoms with Crippen molar-refractivity contribution in [3.05, 3.63) is 89.1 Å². The Bertz CT molecular complexity index is 1410. The van der Waals surface area contributed by atoms with Gasteiger partial charge < -0.3 is 14.5 Å². The van der Waals surface area contributed by atoms with E-state index < -0.39 is 11.7 Å². The Morgan fingerprint density at radius 2 is 1.58 bits per heavy atom. The minimum Gasteiger partial charge on any atom is -0.497 e. The van der Waals surface area contributed by atoms with Crippen LogP contribution in [0.4, 0.5) is 18.9 Å². The van der Waals surface area contributed by atoms with Crippen molar-refractivity contribution in [2.75, 3.05) is 14.2 Å². The summed E-state index contributed by atoms with van der Waals surface area (Å²) in [5.74, 6) is 1.43. The molecular formula is C26H20F3N2O2+.